The van der Waals surface area contributed by atoms with Crippen LogP contribution < -0.4 is 11.3 Å². The fourth-order valence-corrected chi connectivity index (χ4v) is 5.02. The maximum absolute atomic E-state index is 14.2. The molecule has 5 rings (SSSR count). The molecule has 1 atom stereocenters. The summed E-state index contributed by atoms with van der Waals surface area (Å²) in [7, 11) is 0. The van der Waals surface area contributed by atoms with E-state index in [1.165, 1.54) is 6.07 Å². The minimum Gasteiger partial charge on any atom is -0.398 e. The molecule has 0 amide bonds. The monoisotopic (exact) mass is 487 g/mol. The first-order valence-corrected chi connectivity index (χ1v) is 11.9. The minimum atomic E-state index is -0.464. The van der Waals surface area contributed by atoms with Crippen LogP contribution in [0, 0.1) is 24.0 Å². The third-order valence-electron chi connectivity index (χ3n) is 6.84. The molecule has 1 saturated heterocycles. The molecule has 1 aliphatic rings. The van der Waals surface area contributed by atoms with Gasteiger partial charge in [0.15, 0.2) is 0 Å². The van der Waals surface area contributed by atoms with E-state index in [0.717, 1.165) is 42.6 Å². The van der Waals surface area contributed by atoms with E-state index in [1.54, 1.807) is 18.3 Å². The van der Waals surface area contributed by atoms with Crippen LogP contribution in [0.25, 0.3) is 10.9 Å². The van der Waals surface area contributed by atoms with Crippen molar-refractivity contribution in [3.63, 3.8) is 0 Å². The molecule has 8 heteroatoms. The van der Waals surface area contributed by atoms with E-state index in [0.29, 0.717) is 40.0 Å². The summed E-state index contributed by atoms with van der Waals surface area (Å²) in [6.45, 7) is 3.47. The summed E-state index contributed by atoms with van der Waals surface area (Å²) >= 11 is 0. The maximum Gasteiger partial charge on any atom is 0.251 e. The first kappa shape index (κ1) is 23.8. The van der Waals surface area contributed by atoms with E-state index >= 15 is 0 Å². The molecule has 36 heavy (non-hydrogen) atoms. The fourth-order valence-electron chi connectivity index (χ4n) is 5.02. The molecule has 4 aromatic rings. The van der Waals surface area contributed by atoms with Crippen molar-refractivity contribution >= 4 is 22.3 Å². The summed E-state index contributed by atoms with van der Waals surface area (Å²) in [6, 6.07) is 12.5. The molecule has 2 aromatic heterocycles. The Morgan fingerprint density at radius 3 is 2.83 bits per heavy atom. The van der Waals surface area contributed by atoms with Gasteiger partial charge in [0.1, 0.15) is 11.6 Å². The predicted molar refractivity (Wildman–Crippen MR) is 137 cm³/mol. The van der Waals surface area contributed by atoms with Gasteiger partial charge in [-0.3, -0.25) is 20.1 Å². The van der Waals surface area contributed by atoms with Gasteiger partial charge in [0.05, 0.1) is 11.2 Å². The topological polar surface area (TPSA) is 98.9 Å². The van der Waals surface area contributed by atoms with E-state index < -0.39 is 11.6 Å². The van der Waals surface area contributed by atoms with Crippen LogP contribution in [0.15, 0.2) is 59.5 Å². The van der Waals surface area contributed by atoms with Gasteiger partial charge in [0, 0.05) is 58.8 Å². The zero-order valence-corrected chi connectivity index (χ0v) is 19.9. The highest BCUT2D eigenvalue weighted by atomic mass is 19.1. The Morgan fingerprint density at radius 1 is 1.19 bits per heavy atom. The molecule has 6 nitrogen and oxygen atoms in total. The Kier molecular flexibility index (Phi) is 6.36. The molecular weight excluding hydrogens is 460 g/mol. The first-order valence-electron chi connectivity index (χ1n) is 11.9. The number of fused-ring (bicyclic) bond motifs is 1. The Hall–Kier alpha value is -3.91. The first-order chi connectivity index (χ1) is 17.3. The molecule has 1 unspecified atom stereocenters. The summed E-state index contributed by atoms with van der Waals surface area (Å²) < 4.78 is 27.8. The number of nitrogens with two attached hydrogens (primary N) is 1. The largest absolute Gasteiger partial charge is 0.398 e. The average Bonchev–Trinajstić information content (AvgIpc) is 2.85. The van der Waals surface area contributed by atoms with Crippen LogP contribution in [-0.2, 0) is 6.54 Å². The van der Waals surface area contributed by atoms with Crippen molar-refractivity contribution in [2.45, 2.75) is 32.2 Å². The van der Waals surface area contributed by atoms with Crippen molar-refractivity contribution in [2.24, 2.45) is 0 Å². The number of piperidine rings is 1. The predicted octanol–water partition coefficient (Wildman–Crippen LogP) is 4.89. The lowest BCUT2D eigenvalue weighted by Crippen LogP contribution is -2.36. The Balaban J connectivity index is 1.45. The number of pyridine rings is 2. The minimum absolute atomic E-state index is 0.0492. The smallest absolute Gasteiger partial charge is 0.251 e. The molecule has 0 saturated carbocycles. The van der Waals surface area contributed by atoms with Gasteiger partial charge in [0.2, 0.25) is 0 Å². The normalized spacial score (nSPS) is 16.4. The second-order valence-electron chi connectivity index (χ2n) is 9.45. The summed E-state index contributed by atoms with van der Waals surface area (Å²) in [5, 5.41) is 9.49. The maximum atomic E-state index is 14.2. The molecular formula is C28H27F2N5O. The summed E-state index contributed by atoms with van der Waals surface area (Å²) in [4.78, 5) is 22.2. The fraction of sp³-hybridized carbons (Fsp3) is 0.250. The number of rotatable bonds is 5. The Labute approximate surface area is 207 Å². The molecule has 2 aromatic carbocycles. The van der Waals surface area contributed by atoms with E-state index in [1.807, 2.05) is 25.1 Å². The third kappa shape index (κ3) is 4.77. The van der Waals surface area contributed by atoms with Gasteiger partial charge in [-0.2, -0.15) is 0 Å². The molecule has 1 fully saturated rings. The number of anilines is 1. The highest BCUT2D eigenvalue weighted by Crippen LogP contribution is 2.29. The highest BCUT2D eigenvalue weighted by Gasteiger charge is 2.25. The number of hydrogen-bond donors (Lipinski definition) is 3. The Morgan fingerprint density at radius 2 is 2.03 bits per heavy atom. The second kappa shape index (κ2) is 9.62. The number of aryl methyl sites for hydroxylation is 1. The van der Waals surface area contributed by atoms with Crippen molar-refractivity contribution in [3.8, 4) is 0 Å². The highest BCUT2D eigenvalue weighted by molar-refractivity contribution is 6.15. The number of hydrogen-bond acceptors (Lipinski definition) is 5. The van der Waals surface area contributed by atoms with Crippen LogP contribution in [0.3, 0.4) is 0 Å². The molecule has 3 heterocycles. The van der Waals surface area contributed by atoms with Crippen LogP contribution in [0.2, 0.25) is 0 Å². The molecule has 1 aliphatic heterocycles. The zero-order valence-electron chi connectivity index (χ0n) is 19.9. The van der Waals surface area contributed by atoms with E-state index in [2.05, 4.69) is 14.9 Å². The zero-order chi connectivity index (χ0) is 25.4. The summed E-state index contributed by atoms with van der Waals surface area (Å²) in [6.07, 6.45) is 3.33. The van der Waals surface area contributed by atoms with Gasteiger partial charge in [-0.05, 0) is 80.2 Å². The van der Waals surface area contributed by atoms with E-state index in [9.17, 15) is 13.6 Å². The Bertz CT molecular complexity index is 1530. The van der Waals surface area contributed by atoms with Crippen LogP contribution in [0.1, 0.15) is 46.7 Å². The SMILES string of the molecule is Cc1cc(C(=N)c2cc3cc(C4CCCN(Cc5cc(F)ccc5F)C4)c(=O)[nH]c3cc2N)ccn1. The van der Waals surface area contributed by atoms with Crippen molar-refractivity contribution in [3.05, 3.63) is 105 Å². The van der Waals surface area contributed by atoms with Gasteiger partial charge >= 0.3 is 0 Å². The van der Waals surface area contributed by atoms with Crippen molar-refractivity contribution in [2.75, 3.05) is 18.8 Å². The molecule has 4 N–H and O–H groups in total. The van der Waals surface area contributed by atoms with Crippen molar-refractivity contribution in [1.82, 2.24) is 14.9 Å². The number of halogens is 2. The number of aromatic nitrogens is 2. The van der Waals surface area contributed by atoms with Crippen LogP contribution >= 0.6 is 0 Å². The number of aromatic amines is 1. The summed E-state index contributed by atoms with van der Waals surface area (Å²) in [5.74, 6) is -0.945. The van der Waals surface area contributed by atoms with Gasteiger partial charge in [0.25, 0.3) is 5.56 Å². The van der Waals surface area contributed by atoms with Crippen LogP contribution in [0.5, 0.6) is 0 Å². The average molecular weight is 488 g/mol. The number of nitrogens with one attached hydrogen (secondary N) is 2. The van der Waals surface area contributed by atoms with Gasteiger partial charge in [-0.25, -0.2) is 8.78 Å². The van der Waals surface area contributed by atoms with Gasteiger partial charge in [-0.15, -0.1) is 0 Å². The second-order valence-corrected chi connectivity index (χ2v) is 9.45. The van der Waals surface area contributed by atoms with Gasteiger partial charge < -0.3 is 10.7 Å². The molecule has 0 spiro atoms. The molecule has 184 valence electrons. The standard InChI is InChI=1S/C28H27F2N5O/c1-16-9-17(6-7-33-16)27(32)23-12-19-11-22(28(36)34-26(19)13-25(23)31)18-3-2-8-35(14-18)15-20-10-21(29)4-5-24(20)30/h4-7,9-13,18,32H,2-3,8,14-15,31H2,1H3,(H,34,36). The number of H-pyrrole nitrogens is 1. The number of nitrogens with zero attached hydrogens (tertiary/aromatic N) is 2. The molecule has 0 bridgehead atoms. The number of benzene rings is 2. The van der Waals surface area contributed by atoms with Gasteiger partial charge in [-0.1, -0.05) is 0 Å². The molecule has 0 radical (unpaired) electrons. The summed E-state index contributed by atoms with van der Waals surface area (Å²) in [5.41, 5.74) is 10.5. The number of likely N-dealkylation sites (tertiary alicyclic amines) is 1. The van der Waals surface area contributed by atoms with Crippen molar-refractivity contribution in [1.29, 1.82) is 5.41 Å². The molecule has 0 aliphatic carbocycles. The number of nitrogen functional groups attached to an aromatic ring is 1. The van der Waals surface area contributed by atoms with E-state index in [4.69, 9.17) is 11.1 Å². The van der Waals surface area contributed by atoms with E-state index in [-0.39, 0.29) is 23.7 Å². The lowest BCUT2D eigenvalue weighted by molar-refractivity contribution is 0.197. The quantitative estimate of drug-likeness (QED) is 0.276. The lowest BCUT2D eigenvalue weighted by Gasteiger charge is -2.32. The third-order valence-corrected chi connectivity index (χ3v) is 6.84. The van der Waals surface area contributed by atoms with Crippen molar-refractivity contribution < 1.29 is 8.78 Å². The van der Waals surface area contributed by atoms with Crippen LogP contribution in [0.4, 0.5) is 14.5 Å². The lowest BCUT2D eigenvalue weighted by atomic mass is 9.90. The van der Waals surface area contributed by atoms with Crippen LogP contribution in [-0.4, -0.2) is 33.7 Å².